The van der Waals surface area contributed by atoms with E-state index in [2.05, 4.69) is 0 Å². The number of benzene rings is 2. The zero-order valence-electron chi connectivity index (χ0n) is 16.4. The quantitative estimate of drug-likeness (QED) is 0.735. The molecule has 0 saturated carbocycles. The van der Waals surface area contributed by atoms with E-state index in [0.29, 0.717) is 17.2 Å². The van der Waals surface area contributed by atoms with Gasteiger partial charge in [0.1, 0.15) is 11.6 Å². The van der Waals surface area contributed by atoms with Crippen molar-refractivity contribution in [1.82, 2.24) is 4.90 Å². The van der Waals surface area contributed by atoms with Crippen LogP contribution in [0.1, 0.15) is 24.2 Å². The van der Waals surface area contributed by atoms with Crippen molar-refractivity contribution in [2.45, 2.75) is 24.7 Å². The van der Waals surface area contributed by atoms with Crippen LogP contribution < -0.4 is 14.2 Å². The SMILES string of the molecule is C[C@H](Oc1ccc2c(c1)OCO2)C(=O)N1CC[C@@H](c2ccccc2F)S(=O)(=O)CC1. The van der Waals surface area contributed by atoms with Crippen molar-refractivity contribution in [3.63, 3.8) is 0 Å². The largest absolute Gasteiger partial charge is 0.481 e. The molecule has 1 fully saturated rings. The maximum Gasteiger partial charge on any atom is 0.263 e. The van der Waals surface area contributed by atoms with Gasteiger partial charge >= 0.3 is 0 Å². The summed E-state index contributed by atoms with van der Waals surface area (Å²) in [6.07, 6.45) is -0.691. The van der Waals surface area contributed by atoms with E-state index in [1.807, 2.05) is 0 Å². The lowest BCUT2D eigenvalue weighted by Gasteiger charge is -2.24. The highest BCUT2D eigenvalue weighted by molar-refractivity contribution is 7.91. The minimum Gasteiger partial charge on any atom is -0.481 e. The van der Waals surface area contributed by atoms with E-state index in [0.717, 1.165) is 0 Å². The van der Waals surface area contributed by atoms with Gasteiger partial charge in [0, 0.05) is 24.7 Å². The van der Waals surface area contributed by atoms with Crippen LogP contribution in [0.15, 0.2) is 42.5 Å². The number of nitrogens with zero attached hydrogens (tertiary/aromatic N) is 1. The highest BCUT2D eigenvalue weighted by atomic mass is 32.2. The summed E-state index contributed by atoms with van der Waals surface area (Å²) >= 11 is 0. The van der Waals surface area contributed by atoms with Crippen LogP contribution in [-0.2, 0) is 14.6 Å². The summed E-state index contributed by atoms with van der Waals surface area (Å²) < 4.78 is 55.9. The Morgan fingerprint density at radius 2 is 1.93 bits per heavy atom. The van der Waals surface area contributed by atoms with Gasteiger partial charge in [0.25, 0.3) is 5.91 Å². The van der Waals surface area contributed by atoms with Gasteiger partial charge in [-0.05, 0) is 31.5 Å². The van der Waals surface area contributed by atoms with E-state index in [1.54, 1.807) is 31.2 Å². The second-order valence-corrected chi connectivity index (χ2v) is 9.57. The first-order valence-electron chi connectivity index (χ1n) is 9.66. The lowest BCUT2D eigenvalue weighted by Crippen LogP contribution is -2.42. The normalized spacial score (nSPS) is 21.0. The van der Waals surface area contributed by atoms with E-state index < -0.39 is 27.0 Å². The summed E-state index contributed by atoms with van der Waals surface area (Å²) in [5.41, 5.74) is 0.149. The molecule has 160 valence electrons. The van der Waals surface area contributed by atoms with Crippen molar-refractivity contribution >= 4 is 15.7 Å². The van der Waals surface area contributed by atoms with Gasteiger partial charge in [-0.25, -0.2) is 12.8 Å². The molecule has 2 aromatic rings. The zero-order valence-corrected chi connectivity index (χ0v) is 17.2. The Bertz CT molecular complexity index is 1060. The smallest absolute Gasteiger partial charge is 0.263 e. The number of amides is 1. The Labute approximate surface area is 174 Å². The highest BCUT2D eigenvalue weighted by Crippen LogP contribution is 2.35. The molecule has 0 N–H and O–H groups in total. The van der Waals surface area contributed by atoms with Crippen molar-refractivity contribution in [2.24, 2.45) is 0 Å². The number of ether oxygens (including phenoxy) is 3. The Balaban J connectivity index is 1.45. The third-order valence-corrected chi connectivity index (χ3v) is 7.42. The van der Waals surface area contributed by atoms with Gasteiger partial charge in [-0.15, -0.1) is 0 Å². The van der Waals surface area contributed by atoms with E-state index in [1.165, 1.54) is 23.1 Å². The molecule has 2 atom stereocenters. The molecule has 1 amide bonds. The van der Waals surface area contributed by atoms with E-state index in [4.69, 9.17) is 14.2 Å². The fourth-order valence-corrected chi connectivity index (χ4v) is 5.51. The number of carbonyl (C=O) groups excluding carboxylic acids is 1. The number of rotatable bonds is 4. The van der Waals surface area contributed by atoms with Crippen molar-refractivity contribution in [3.8, 4) is 17.2 Å². The van der Waals surface area contributed by atoms with Crippen LogP contribution in [0, 0.1) is 5.82 Å². The zero-order chi connectivity index (χ0) is 21.3. The molecule has 0 radical (unpaired) electrons. The number of carbonyl (C=O) groups is 1. The fourth-order valence-electron chi connectivity index (χ4n) is 3.71. The second-order valence-electron chi connectivity index (χ2n) is 7.27. The number of halogens is 1. The predicted molar refractivity (Wildman–Crippen MR) is 107 cm³/mol. The molecule has 7 nitrogen and oxygen atoms in total. The van der Waals surface area contributed by atoms with Gasteiger partial charge in [-0.2, -0.15) is 0 Å². The van der Waals surface area contributed by atoms with E-state index in [9.17, 15) is 17.6 Å². The standard InChI is InChI=1S/C21H22FNO6S/c1-14(29-15-6-7-18-19(12-15)28-13-27-18)21(24)23-9-8-20(30(25,26)11-10-23)16-4-2-3-5-17(16)22/h2-7,12,14,20H,8-11,13H2,1H3/t14-,20-/m0/s1. The molecule has 2 heterocycles. The predicted octanol–water partition coefficient (Wildman–Crippen LogP) is 2.71. The molecule has 2 aromatic carbocycles. The molecule has 4 rings (SSSR count). The molecular formula is C21H22FNO6S. The Morgan fingerprint density at radius 1 is 1.17 bits per heavy atom. The average molecular weight is 435 g/mol. The van der Waals surface area contributed by atoms with Gasteiger partial charge in [-0.1, -0.05) is 18.2 Å². The van der Waals surface area contributed by atoms with Crippen molar-refractivity contribution in [3.05, 3.63) is 53.8 Å². The monoisotopic (exact) mass is 435 g/mol. The van der Waals surface area contributed by atoms with Crippen molar-refractivity contribution < 1.29 is 31.8 Å². The Kier molecular flexibility index (Phi) is 5.55. The van der Waals surface area contributed by atoms with Crippen molar-refractivity contribution in [2.75, 3.05) is 25.6 Å². The topological polar surface area (TPSA) is 82.1 Å². The van der Waals surface area contributed by atoms with Crippen LogP contribution in [-0.4, -0.2) is 51.0 Å². The van der Waals surface area contributed by atoms with Gasteiger partial charge in [0.05, 0.1) is 11.0 Å². The Hall–Kier alpha value is -2.81. The molecule has 0 bridgehead atoms. The first-order valence-corrected chi connectivity index (χ1v) is 11.4. The summed E-state index contributed by atoms with van der Waals surface area (Å²) in [6.45, 7) is 1.99. The summed E-state index contributed by atoms with van der Waals surface area (Å²) in [5.74, 6) is 0.502. The summed E-state index contributed by atoms with van der Waals surface area (Å²) in [5, 5.41) is -0.971. The summed E-state index contributed by atoms with van der Waals surface area (Å²) in [7, 11) is -3.60. The van der Waals surface area contributed by atoms with Crippen molar-refractivity contribution in [1.29, 1.82) is 0 Å². The van der Waals surface area contributed by atoms with Crippen LogP contribution in [0.2, 0.25) is 0 Å². The molecule has 0 aromatic heterocycles. The average Bonchev–Trinajstić information content (AvgIpc) is 3.12. The number of hydrogen-bond donors (Lipinski definition) is 0. The molecule has 2 aliphatic heterocycles. The van der Waals surface area contributed by atoms with Crippen LogP contribution >= 0.6 is 0 Å². The minimum atomic E-state index is -3.60. The summed E-state index contributed by atoms with van der Waals surface area (Å²) in [4.78, 5) is 14.4. The van der Waals surface area contributed by atoms with Gasteiger partial charge in [0.15, 0.2) is 27.4 Å². The Morgan fingerprint density at radius 3 is 2.73 bits per heavy atom. The minimum absolute atomic E-state index is 0.0426. The highest BCUT2D eigenvalue weighted by Gasteiger charge is 2.35. The summed E-state index contributed by atoms with van der Waals surface area (Å²) in [6, 6.07) is 10.9. The molecule has 2 aliphatic rings. The first-order chi connectivity index (χ1) is 14.3. The first kappa shape index (κ1) is 20.5. The molecule has 9 heteroatoms. The van der Waals surface area contributed by atoms with E-state index >= 15 is 0 Å². The lowest BCUT2D eigenvalue weighted by atomic mass is 10.1. The van der Waals surface area contributed by atoms with Gasteiger partial charge < -0.3 is 19.1 Å². The number of sulfone groups is 1. The van der Waals surface area contributed by atoms with Gasteiger partial charge in [0.2, 0.25) is 6.79 Å². The third kappa shape index (κ3) is 4.07. The molecular weight excluding hydrogens is 413 g/mol. The van der Waals surface area contributed by atoms with E-state index in [-0.39, 0.29) is 43.5 Å². The van der Waals surface area contributed by atoms with Crippen LogP contribution in [0.4, 0.5) is 4.39 Å². The maximum atomic E-state index is 14.2. The molecule has 0 aliphatic carbocycles. The molecule has 1 saturated heterocycles. The number of hydrogen-bond acceptors (Lipinski definition) is 6. The molecule has 0 spiro atoms. The van der Waals surface area contributed by atoms with Crippen LogP contribution in [0.5, 0.6) is 17.2 Å². The second kappa shape index (κ2) is 8.14. The van der Waals surface area contributed by atoms with Gasteiger partial charge in [-0.3, -0.25) is 4.79 Å². The number of fused-ring (bicyclic) bond motifs is 1. The van der Waals surface area contributed by atoms with Crippen LogP contribution in [0.25, 0.3) is 0 Å². The molecule has 0 unspecified atom stereocenters. The lowest BCUT2D eigenvalue weighted by molar-refractivity contribution is -0.137. The maximum absolute atomic E-state index is 14.2. The fraction of sp³-hybridized carbons (Fsp3) is 0.381. The van der Waals surface area contributed by atoms with Crippen LogP contribution in [0.3, 0.4) is 0 Å². The third-order valence-electron chi connectivity index (χ3n) is 5.31. The molecule has 30 heavy (non-hydrogen) atoms.